The van der Waals surface area contributed by atoms with Crippen LogP contribution in [0.15, 0.2) is 29.3 Å². The Morgan fingerprint density at radius 2 is 2.10 bits per heavy atom. The molecule has 1 saturated carbocycles. The third-order valence-electron chi connectivity index (χ3n) is 4.87. The molecule has 4 nitrogen and oxygen atoms in total. The van der Waals surface area contributed by atoms with Crippen molar-refractivity contribution in [1.82, 2.24) is 4.90 Å². The molecule has 2 N–H and O–H groups in total. The molecule has 4 heteroatoms. The van der Waals surface area contributed by atoms with Gasteiger partial charge in [0.2, 0.25) is 0 Å². The van der Waals surface area contributed by atoms with Crippen LogP contribution in [0.1, 0.15) is 48.8 Å². The Balaban J connectivity index is 1.53. The minimum Gasteiger partial charge on any atom is -0.376 e. The summed E-state index contributed by atoms with van der Waals surface area (Å²) < 4.78 is 5.77. The van der Waals surface area contributed by atoms with Crippen LogP contribution in [0.3, 0.4) is 0 Å². The number of nitrogens with zero attached hydrogens (tertiary/aromatic N) is 2. The molecule has 3 aliphatic rings. The normalized spacial score (nSPS) is 29.0. The highest BCUT2D eigenvalue weighted by atomic mass is 16.5. The van der Waals surface area contributed by atoms with Gasteiger partial charge in [-0.2, -0.15) is 0 Å². The number of aliphatic imine (C=N–C) groups is 1. The second kappa shape index (κ2) is 5.34. The molecule has 0 bridgehead atoms. The fourth-order valence-corrected chi connectivity index (χ4v) is 3.48. The zero-order valence-corrected chi connectivity index (χ0v) is 12.4. The highest BCUT2D eigenvalue weighted by Gasteiger charge is 2.32. The lowest BCUT2D eigenvalue weighted by molar-refractivity contribution is 0.0853. The van der Waals surface area contributed by atoms with Crippen molar-refractivity contribution in [2.45, 2.75) is 43.7 Å². The Bertz CT molecular complexity index is 547. The number of benzene rings is 1. The number of guanidine groups is 1. The molecule has 4 rings (SSSR count). The molecule has 2 heterocycles. The number of hydrogen-bond acceptors (Lipinski definition) is 4. The summed E-state index contributed by atoms with van der Waals surface area (Å²) in [4.78, 5) is 6.71. The van der Waals surface area contributed by atoms with E-state index in [2.05, 4.69) is 34.2 Å². The van der Waals surface area contributed by atoms with Crippen LogP contribution >= 0.6 is 0 Å². The van der Waals surface area contributed by atoms with Crippen molar-refractivity contribution in [3.63, 3.8) is 0 Å². The van der Waals surface area contributed by atoms with Gasteiger partial charge in [0.05, 0.1) is 18.7 Å². The van der Waals surface area contributed by atoms with Crippen LogP contribution in [0.25, 0.3) is 0 Å². The first-order valence-corrected chi connectivity index (χ1v) is 8.09. The third kappa shape index (κ3) is 2.64. The van der Waals surface area contributed by atoms with Gasteiger partial charge in [-0.3, -0.25) is 4.99 Å². The topological polar surface area (TPSA) is 50.8 Å². The number of hydrogen-bond donors (Lipinski definition) is 1. The quantitative estimate of drug-likeness (QED) is 0.924. The van der Waals surface area contributed by atoms with E-state index < -0.39 is 0 Å². The minimum absolute atomic E-state index is 0.285. The van der Waals surface area contributed by atoms with Crippen molar-refractivity contribution in [2.75, 3.05) is 19.7 Å². The summed E-state index contributed by atoms with van der Waals surface area (Å²) in [5, 5.41) is 0. The van der Waals surface area contributed by atoms with Gasteiger partial charge in [-0.05, 0) is 42.7 Å². The molecule has 2 unspecified atom stereocenters. The summed E-state index contributed by atoms with van der Waals surface area (Å²) in [6.07, 6.45) is 5.29. The van der Waals surface area contributed by atoms with Gasteiger partial charge >= 0.3 is 0 Å². The predicted molar refractivity (Wildman–Crippen MR) is 83.3 cm³/mol. The molecule has 2 atom stereocenters. The van der Waals surface area contributed by atoms with Crippen LogP contribution in [0.2, 0.25) is 0 Å². The van der Waals surface area contributed by atoms with E-state index in [-0.39, 0.29) is 6.04 Å². The molecule has 0 radical (unpaired) electrons. The Hall–Kier alpha value is -1.55. The van der Waals surface area contributed by atoms with Gasteiger partial charge in [0.15, 0.2) is 5.96 Å². The second-order valence-corrected chi connectivity index (χ2v) is 6.45. The zero-order chi connectivity index (χ0) is 14.2. The fourth-order valence-electron chi connectivity index (χ4n) is 3.48. The molecule has 2 aliphatic heterocycles. The Kier molecular flexibility index (Phi) is 3.34. The fraction of sp³-hybridized carbons (Fsp3) is 0.588. The molecule has 1 aromatic carbocycles. The van der Waals surface area contributed by atoms with Crippen molar-refractivity contribution in [2.24, 2.45) is 10.7 Å². The van der Waals surface area contributed by atoms with Crippen LogP contribution < -0.4 is 5.73 Å². The molecule has 0 amide bonds. The van der Waals surface area contributed by atoms with Gasteiger partial charge in [-0.25, -0.2) is 0 Å². The van der Waals surface area contributed by atoms with Gasteiger partial charge in [-0.15, -0.1) is 0 Å². The van der Waals surface area contributed by atoms with E-state index in [1.807, 2.05) is 0 Å². The SMILES string of the molecule is NC1=NCC(c2cccc(C3CC3)c2)N1CC1CCCO1. The molecule has 112 valence electrons. The first-order chi connectivity index (χ1) is 10.3. The van der Waals surface area contributed by atoms with Crippen molar-refractivity contribution in [1.29, 1.82) is 0 Å². The summed E-state index contributed by atoms with van der Waals surface area (Å²) in [5.41, 5.74) is 8.95. The van der Waals surface area contributed by atoms with Gasteiger partial charge in [0.1, 0.15) is 0 Å². The van der Waals surface area contributed by atoms with Crippen molar-refractivity contribution in [3.05, 3.63) is 35.4 Å². The molecule has 21 heavy (non-hydrogen) atoms. The van der Waals surface area contributed by atoms with Crippen LogP contribution in [0.4, 0.5) is 0 Å². The highest BCUT2D eigenvalue weighted by molar-refractivity contribution is 5.80. The van der Waals surface area contributed by atoms with Crippen molar-refractivity contribution < 1.29 is 4.74 Å². The van der Waals surface area contributed by atoms with Crippen LogP contribution in [-0.4, -0.2) is 36.7 Å². The lowest BCUT2D eigenvalue weighted by atomic mass is 10.0. The molecule has 0 spiro atoms. The largest absolute Gasteiger partial charge is 0.376 e. The maximum atomic E-state index is 6.12. The number of nitrogens with two attached hydrogens (primary N) is 1. The Labute approximate surface area is 126 Å². The smallest absolute Gasteiger partial charge is 0.192 e. The molecule has 2 fully saturated rings. The molecule has 1 aromatic rings. The van der Waals surface area contributed by atoms with E-state index in [0.717, 1.165) is 38.5 Å². The predicted octanol–water partition coefficient (Wildman–Crippen LogP) is 2.41. The summed E-state index contributed by atoms with van der Waals surface area (Å²) >= 11 is 0. The van der Waals surface area contributed by atoms with E-state index in [9.17, 15) is 0 Å². The van der Waals surface area contributed by atoms with Gasteiger partial charge in [0, 0.05) is 13.2 Å². The van der Waals surface area contributed by atoms with E-state index in [1.54, 1.807) is 0 Å². The van der Waals surface area contributed by atoms with Crippen molar-refractivity contribution >= 4 is 5.96 Å². The van der Waals surface area contributed by atoms with E-state index in [1.165, 1.54) is 24.0 Å². The number of rotatable bonds is 4. The standard InChI is InChI=1S/C17H23N3O/c18-17-19-10-16(20(17)11-15-5-2-8-21-15)14-4-1-3-13(9-14)12-6-7-12/h1,3-4,9,12,15-16H,2,5-8,10-11H2,(H2,18,19). The molecular formula is C17H23N3O. The second-order valence-electron chi connectivity index (χ2n) is 6.45. The van der Waals surface area contributed by atoms with Gasteiger partial charge in [-0.1, -0.05) is 24.3 Å². The maximum absolute atomic E-state index is 6.12. The lowest BCUT2D eigenvalue weighted by Gasteiger charge is -2.29. The van der Waals surface area contributed by atoms with E-state index in [4.69, 9.17) is 10.5 Å². The third-order valence-corrected chi connectivity index (χ3v) is 4.87. The highest BCUT2D eigenvalue weighted by Crippen LogP contribution is 2.41. The summed E-state index contributed by atoms with van der Waals surface area (Å²) in [6, 6.07) is 9.30. The van der Waals surface area contributed by atoms with Crippen LogP contribution in [0.5, 0.6) is 0 Å². The van der Waals surface area contributed by atoms with E-state index >= 15 is 0 Å². The van der Waals surface area contributed by atoms with Gasteiger partial charge in [0.25, 0.3) is 0 Å². The molecule has 1 saturated heterocycles. The average Bonchev–Trinajstić information content (AvgIpc) is 3.13. The van der Waals surface area contributed by atoms with Gasteiger partial charge < -0.3 is 15.4 Å². The average molecular weight is 285 g/mol. The maximum Gasteiger partial charge on any atom is 0.192 e. The lowest BCUT2D eigenvalue weighted by Crippen LogP contribution is -2.41. The molecule has 0 aromatic heterocycles. The Morgan fingerprint density at radius 3 is 2.86 bits per heavy atom. The Morgan fingerprint density at radius 1 is 1.24 bits per heavy atom. The minimum atomic E-state index is 0.285. The zero-order valence-electron chi connectivity index (χ0n) is 12.4. The van der Waals surface area contributed by atoms with E-state index in [0.29, 0.717) is 12.1 Å². The monoisotopic (exact) mass is 285 g/mol. The van der Waals surface area contributed by atoms with Crippen LogP contribution in [0, 0.1) is 0 Å². The molecule has 1 aliphatic carbocycles. The molecular weight excluding hydrogens is 262 g/mol. The number of ether oxygens (including phenoxy) is 1. The first-order valence-electron chi connectivity index (χ1n) is 8.09. The summed E-state index contributed by atoms with van der Waals surface area (Å²) in [5.74, 6) is 1.46. The first kappa shape index (κ1) is 13.1. The van der Waals surface area contributed by atoms with Crippen molar-refractivity contribution in [3.8, 4) is 0 Å². The van der Waals surface area contributed by atoms with Crippen LogP contribution in [-0.2, 0) is 4.74 Å². The summed E-state index contributed by atoms with van der Waals surface area (Å²) in [6.45, 7) is 2.53. The summed E-state index contributed by atoms with van der Waals surface area (Å²) in [7, 11) is 0.